The van der Waals surface area contributed by atoms with Crippen molar-refractivity contribution in [1.82, 2.24) is 9.97 Å². The number of amides is 1. The number of nitro benzene ring substituents is 1. The molecule has 0 aliphatic carbocycles. The van der Waals surface area contributed by atoms with E-state index in [9.17, 15) is 14.9 Å². The molecule has 0 bridgehead atoms. The molecule has 1 heterocycles. The van der Waals surface area contributed by atoms with Gasteiger partial charge in [-0.1, -0.05) is 30.3 Å². The summed E-state index contributed by atoms with van der Waals surface area (Å²) in [4.78, 5) is 30.6. The van der Waals surface area contributed by atoms with Crippen LogP contribution in [-0.2, 0) is 4.79 Å². The molecule has 0 fully saturated rings. The first kappa shape index (κ1) is 17.0. The molecule has 3 aromatic rings. The molecular weight excluding hydrogens is 332 g/mol. The highest BCUT2D eigenvalue weighted by molar-refractivity contribution is 6.01. The van der Waals surface area contributed by atoms with Gasteiger partial charge < -0.3 is 5.32 Å². The minimum atomic E-state index is -0.466. The lowest BCUT2D eigenvalue weighted by Gasteiger charge is -2.01. The van der Waals surface area contributed by atoms with Crippen molar-refractivity contribution in [2.45, 2.75) is 0 Å². The third-order valence-corrected chi connectivity index (χ3v) is 3.46. The van der Waals surface area contributed by atoms with Crippen LogP contribution in [0.15, 0.2) is 73.1 Å². The maximum Gasteiger partial charge on any atom is 0.270 e. The number of rotatable bonds is 5. The molecule has 0 saturated carbocycles. The molecule has 128 valence electrons. The molecule has 0 saturated heterocycles. The van der Waals surface area contributed by atoms with Gasteiger partial charge in [0, 0.05) is 47.4 Å². The molecule has 0 radical (unpaired) electrons. The molecular formula is C19H14N4O3. The zero-order valence-electron chi connectivity index (χ0n) is 13.6. The zero-order valence-corrected chi connectivity index (χ0v) is 13.6. The Morgan fingerprint density at radius 3 is 2.46 bits per heavy atom. The fourth-order valence-electron chi connectivity index (χ4n) is 2.21. The van der Waals surface area contributed by atoms with Crippen LogP contribution < -0.4 is 5.32 Å². The van der Waals surface area contributed by atoms with Crippen LogP contribution in [0.3, 0.4) is 0 Å². The molecule has 0 spiro atoms. The smallest absolute Gasteiger partial charge is 0.270 e. The standard InChI is InChI=1S/C19H14N4O3/c24-18(22-16-6-2-1-3-7-16)10-9-14-12-20-19(21-13-14)15-5-4-8-17(11-15)23(25)26/h1-13H,(H,22,24). The lowest BCUT2D eigenvalue weighted by molar-refractivity contribution is -0.384. The maximum atomic E-state index is 11.9. The second kappa shape index (κ2) is 7.80. The fraction of sp³-hybridized carbons (Fsp3) is 0. The summed E-state index contributed by atoms with van der Waals surface area (Å²) in [6, 6.07) is 15.2. The molecule has 26 heavy (non-hydrogen) atoms. The molecule has 2 aromatic carbocycles. The van der Waals surface area contributed by atoms with E-state index in [1.165, 1.54) is 18.2 Å². The molecule has 0 aliphatic heterocycles. The topological polar surface area (TPSA) is 98.0 Å². The van der Waals surface area contributed by atoms with Gasteiger partial charge in [0.1, 0.15) is 0 Å². The quantitative estimate of drug-likeness (QED) is 0.431. The van der Waals surface area contributed by atoms with Gasteiger partial charge in [-0.25, -0.2) is 9.97 Å². The second-order valence-electron chi connectivity index (χ2n) is 5.34. The van der Waals surface area contributed by atoms with Gasteiger partial charge in [-0.2, -0.15) is 0 Å². The summed E-state index contributed by atoms with van der Waals surface area (Å²) in [5.41, 5.74) is 1.88. The van der Waals surface area contributed by atoms with Gasteiger partial charge in [0.05, 0.1) is 4.92 Å². The minimum Gasteiger partial charge on any atom is -0.323 e. The Bertz CT molecular complexity index is 954. The number of non-ortho nitro benzene ring substituents is 1. The van der Waals surface area contributed by atoms with Crippen LogP contribution in [0.4, 0.5) is 11.4 Å². The van der Waals surface area contributed by atoms with Gasteiger partial charge in [0.25, 0.3) is 5.69 Å². The molecule has 7 nitrogen and oxygen atoms in total. The number of benzene rings is 2. The molecule has 7 heteroatoms. The Balaban J connectivity index is 1.68. The predicted octanol–water partition coefficient (Wildman–Crippen LogP) is 3.70. The average molecular weight is 346 g/mol. The summed E-state index contributed by atoms with van der Waals surface area (Å²) in [5.74, 6) is 0.110. The molecule has 0 unspecified atom stereocenters. The summed E-state index contributed by atoms with van der Waals surface area (Å²) in [5, 5.41) is 13.6. The number of aromatic nitrogens is 2. The van der Waals surface area contributed by atoms with E-state index in [0.29, 0.717) is 22.6 Å². The highest BCUT2D eigenvalue weighted by atomic mass is 16.6. The van der Waals surface area contributed by atoms with E-state index in [4.69, 9.17) is 0 Å². The summed E-state index contributed by atoms with van der Waals surface area (Å²) in [6.45, 7) is 0. The van der Waals surface area contributed by atoms with Crippen LogP contribution in [0.1, 0.15) is 5.56 Å². The lowest BCUT2D eigenvalue weighted by atomic mass is 10.2. The van der Waals surface area contributed by atoms with Crippen molar-refractivity contribution in [2.75, 3.05) is 5.32 Å². The van der Waals surface area contributed by atoms with E-state index >= 15 is 0 Å². The number of hydrogen-bond donors (Lipinski definition) is 1. The predicted molar refractivity (Wildman–Crippen MR) is 98.2 cm³/mol. The largest absolute Gasteiger partial charge is 0.323 e. The van der Waals surface area contributed by atoms with E-state index in [1.807, 2.05) is 18.2 Å². The van der Waals surface area contributed by atoms with Crippen molar-refractivity contribution in [3.63, 3.8) is 0 Å². The van der Waals surface area contributed by atoms with Crippen molar-refractivity contribution in [3.05, 3.63) is 88.7 Å². The molecule has 0 aliphatic rings. The third kappa shape index (κ3) is 4.35. The fourth-order valence-corrected chi connectivity index (χ4v) is 2.21. The Morgan fingerprint density at radius 1 is 1.04 bits per heavy atom. The highest BCUT2D eigenvalue weighted by Crippen LogP contribution is 2.20. The molecule has 1 N–H and O–H groups in total. The van der Waals surface area contributed by atoms with Crippen molar-refractivity contribution < 1.29 is 9.72 Å². The molecule has 1 amide bonds. The van der Waals surface area contributed by atoms with E-state index in [2.05, 4.69) is 15.3 Å². The second-order valence-corrected chi connectivity index (χ2v) is 5.34. The molecule has 0 atom stereocenters. The van der Waals surface area contributed by atoms with Gasteiger partial charge in [0.15, 0.2) is 5.82 Å². The molecule has 3 rings (SSSR count). The highest BCUT2D eigenvalue weighted by Gasteiger charge is 2.08. The van der Waals surface area contributed by atoms with Crippen LogP contribution >= 0.6 is 0 Å². The van der Waals surface area contributed by atoms with Crippen LogP contribution in [0.25, 0.3) is 17.5 Å². The van der Waals surface area contributed by atoms with Crippen molar-refractivity contribution in [1.29, 1.82) is 0 Å². The summed E-state index contributed by atoms with van der Waals surface area (Å²) >= 11 is 0. The SMILES string of the molecule is O=C(C=Cc1cnc(-c2cccc([N+](=O)[O-])c2)nc1)Nc1ccccc1. The van der Waals surface area contributed by atoms with Gasteiger partial charge in [-0.3, -0.25) is 14.9 Å². The number of carbonyl (C=O) groups excluding carboxylic acids is 1. The van der Waals surface area contributed by atoms with Gasteiger partial charge in [-0.05, 0) is 18.2 Å². The van der Waals surface area contributed by atoms with Crippen LogP contribution in [0.5, 0.6) is 0 Å². The molecule has 1 aromatic heterocycles. The van der Waals surface area contributed by atoms with Gasteiger partial charge in [0.2, 0.25) is 5.91 Å². The Morgan fingerprint density at radius 2 is 1.77 bits per heavy atom. The van der Waals surface area contributed by atoms with E-state index in [-0.39, 0.29) is 11.6 Å². The number of nitrogens with one attached hydrogen (secondary N) is 1. The monoisotopic (exact) mass is 346 g/mol. The number of nitro groups is 1. The van der Waals surface area contributed by atoms with Crippen LogP contribution in [0, 0.1) is 10.1 Å². The maximum absolute atomic E-state index is 11.9. The first-order valence-corrected chi connectivity index (χ1v) is 7.73. The number of carbonyl (C=O) groups is 1. The average Bonchev–Trinajstić information content (AvgIpc) is 2.68. The van der Waals surface area contributed by atoms with Crippen molar-refractivity contribution in [2.24, 2.45) is 0 Å². The summed E-state index contributed by atoms with van der Waals surface area (Å²) in [7, 11) is 0. The van der Waals surface area contributed by atoms with Gasteiger partial charge >= 0.3 is 0 Å². The lowest BCUT2D eigenvalue weighted by Crippen LogP contribution is -2.07. The Labute approximate surface area is 149 Å². The van der Waals surface area contributed by atoms with E-state index in [0.717, 1.165) is 0 Å². The number of nitrogens with zero attached hydrogens (tertiary/aromatic N) is 3. The summed E-state index contributed by atoms with van der Waals surface area (Å²) < 4.78 is 0. The van der Waals surface area contributed by atoms with Gasteiger partial charge in [-0.15, -0.1) is 0 Å². The normalized spacial score (nSPS) is 10.6. The number of para-hydroxylation sites is 1. The van der Waals surface area contributed by atoms with E-state index < -0.39 is 4.92 Å². The minimum absolute atomic E-state index is 0.0207. The van der Waals surface area contributed by atoms with E-state index in [1.54, 1.807) is 42.7 Å². The zero-order chi connectivity index (χ0) is 18.4. The van der Waals surface area contributed by atoms with Crippen LogP contribution in [-0.4, -0.2) is 20.8 Å². The Kier molecular flexibility index (Phi) is 5.09. The number of hydrogen-bond acceptors (Lipinski definition) is 5. The van der Waals surface area contributed by atoms with Crippen molar-refractivity contribution >= 4 is 23.4 Å². The van der Waals surface area contributed by atoms with Crippen LogP contribution in [0.2, 0.25) is 0 Å². The first-order valence-electron chi connectivity index (χ1n) is 7.73. The summed E-state index contributed by atoms with van der Waals surface area (Å²) in [6.07, 6.45) is 6.08. The van der Waals surface area contributed by atoms with Crippen molar-refractivity contribution in [3.8, 4) is 11.4 Å². The Hall–Kier alpha value is -3.87. The first-order chi connectivity index (χ1) is 12.6. The third-order valence-electron chi connectivity index (χ3n) is 3.46. The number of anilines is 1.